The van der Waals surface area contributed by atoms with Gasteiger partial charge in [0.15, 0.2) is 5.11 Å². The predicted octanol–water partition coefficient (Wildman–Crippen LogP) is 3.22. The Kier molecular flexibility index (Phi) is 6.39. The summed E-state index contributed by atoms with van der Waals surface area (Å²) in [5.74, 6) is -0.681. The van der Waals surface area contributed by atoms with Gasteiger partial charge in [-0.1, -0.05) is 36.4 Å². The fraction of sp³-hybridized carbons (Fsp3) is 0.280. The number of hydrogen-bond acceptors (Lipinski definition) is 4. The molecule has 1 N–H and O–H groups in total. The van der Waals surface area contributed by atoms with Gasteiger partial charge in [0.05, 0.1) is 23.5 Å². The second-order valence-corrected chi connectivity index (χ2v) is 8.86. The van der Waals surface area contributed by atoms with Gasteiger partial charge in [-0.3, -0.25) is 24.0 Å². The van der Waals surface area contributed by atoms with E-state index < -0.39 is 11.9 Å². The van der Waals surface area contributed by atoms with Gasteiger partial charge in [-0.2, -0.15) is 0 Å². The Morgan fingerprint density at radius 2 is 1.56 bits per heavy atom. The number of nitrogens with one attached hydrogen (secondary N) is 1. The van der Waals surface area contributed by atoms with Crippen molar-refractivity contribution in [3.63, 3.8) is 0 Å². The van der Waals surface area contributed by atoms with Gasteiger partial charge in [0.25, 0.3) is 11.5 Å². The molecule has 0 radical (unpaired) electrons. The van der Waals surface area contributed by atoms with Crippen LogP contribution in [-0.4, -0.2) is 43.3 Å². The second-order valence-electron chi connectivity index (χ2n) is 8.50. The number of nitrogens with zero attached hydrogens (tertiary/aromatic N) is 4. The normalized spacial score (nSPS) is 16.0. The summed E-state index contributed by atoms with van der Waals surface area (Å²) < 4.78 is 3.19. The first-order valence-corrected chi connectivity index (χ1v) is 11.5. The van der Waals surface area contributed by atoms with E-state index in [9.17, 15) is 14.4 Å². The number of thiocarbonyl (C=S) groups is 1. The van der Waals surface area contributed by atoms with Crippen LogP contribution in [0.1, 0.15) is 26.0 Å². The Bertz CT molecular complexity index is 1300. The lowest BCUT2D eigenvalue weighted by Gasteiger charge is -2.27. The molecule has 9 heteroatoms. The van der Waals surface area contributed by atoms with Crippen molar-refractivity contribution < 1.29 is 9.59 Å². The number of carbonyl (C=O) groups is 2. The van der Waals surface area contributed by atoms with Crippen LogP contribution >= 0.6 is 12.2 Å². The molecule has 0 spiro atoms. The van der Waals surface area contributed by atoms with E-state index in [1.807, 2.05) is 74.5 Å². The van der Waals surface area contributed by atoms with Crippen LogP contribution < -0.4 is 15.8 Å². The summed E-state index contributed by atoms with van der Waals surface area (Å²) in [6.07, 6.45) is -0.125. The van der Waals surface area contributed by atoms with Crippen molar-refractivity contribution in [1.82, 2.24) is 14.3 Å². The average molecular weight is 478 g/mol. The van der Waals surface area contributed by atoms with Crippen LogP contribution in [0.2, 0.25) is 0 Å². The van der Waals surface area contributed by atoms with Crippen molar-refractivity contribution in [2.24, 2.45) is 7.05 Å². The van der Waals surface area contributed by atoms with E-state index in [-0.39, 0.29) is 29.6 Å². The molecule has 34 heavy (non-hydrogen) atoms. The number of amides is 2. The highest BCUT2D eigenvalue weighted by molar-refractivity contribution is 7.80. The van der Waals surface area contributed by atoms with Crippen LogP contribution in [0, 0.1) is 6.92 Å². The molecular formula is C25H27N5O3S. The smallest absolute Gasteiger partial charge is 0.295 e. The molecule has 1 aliphatic heterocycles. The zero-order valence-corrected chi connectivity index (χ0v) is 20.4. The van der Waals surface area contributed by atoms with Crippen molar-refractivity contribution >= 4 is 40.5 Å². The summed E-state index contributed by atoms with van der Waals surface area (Å²) in [5, 5.41) is 3.12. The van der Waals surface area contributed by atoms with Gasteiger partial charge in [0, 0.05) is 13.1 Å². The molecule has 1 atom stereocenters. The number of hydrogen-bond donors (Lipinski definition) is 1. The minimum absolute atomic E-state index is 0.0864. The molecule has 8 nitrogen and oxygen atoms in total. The maximum atomic E-state index is 13.3. The van der Waals surface area contributed by atoms with Crippen molar-refractivity contribution in [1.29, 1.82) is 0 Å². The molecule has 3 aromatic rings. The number of para-hydroxylation sites is 2. The van der Waals surface area contributed by atoms with E-state index in [0.29, 0.717) is 22.2 Å². The van der Waals surface area contributed by atoms with E-state index >= 15 is 0 Å². The monoisotopic (exact) mass is 477 g/mol. The molecular weight excluding hydrogens is 450 g/mol. The number of aromatic nitrogens is 2. The van der Waals surface area contributed by atoms with Gasteiger partial charge in [0.2, 0.25) is 5.91 Å². The highest BCUT2D eigenvalue weighted by Gasteiger charge is 2.45. The number of carbonyl (C=O) groups excluding carboxylic acids is 2. The van der Waals surface area contributed by atoms with Crippen molar-refractivity contribution in [2.45, 2.75) is 39.3 Å². The molecule has 0 aliphatic carbocycles. The SMILES string of the molecule is Cc1c(NC(=O)CC2C(=O)N(c3ccccc3)C(=S)N2C(C)C)c(=O)n(-c2ccccc2)n1C. The van der Waals surface area contributed by atoms with Crippen LogP contribution in [0.15, 0.2) is 65.5 Å². The first-order chi connectivity index (χ1) is 16.2. The topological polar surface area (TPSA) is 79.6 Å². The predicted molar refractivity (Wildman–Crippen MR) is 136 cm³/mol. The standard InChI is InChI=1S/C25H27N5O3S/c1-16(2)28-20(23(32)29(25(28)34)18-11-7-5-8-12-18)15-21(31)26-22-17(3)27(4)30(24(22)33)19-13-9-6-10-14-19/h5-14,16,20H,15H2,1-4H3,(H,26,31). The zero-order chi connectivity index (χ0) is 24.6. The Labute approximate surface area is 203 Å². The first-order valence-electron chi connectivity index (χ1n) is 11.1. The summed E-state index contributed by atoms with van der Waals surface area (Å²) >= 11 is 5.62. The molecule has 2 aromatic carbocycles. The van der Waals surface area contributed by atoms with Gasteiger partial charge in [-0.05, 0) is 57.3 Å². The summed E-state index contributed by atoms with van der Waals surface area (Å²) in [7, 11) is 1.76. The highest BCUT2D eigenvalue weighted by atomic mass is 32.1. The Hall–Kier alpha value is -3.72. The van der Waals surface area contributed by atoms with E-state index in [2.05, 4.69) is 5.32 Å². The molecule has 1 saturated heterocycles. The Morgan fingerprint density at radius 1 is 1.00 bits per heavy atom. The van der Waals surface area contributed by atoms with Gasteiger partial charge >= 0.3 is 0 Å². The molecule has 1 unspecified atom stereocenters. The lowest BCUT2D eigenvalue weighted by molar-refractivity contribution is -0.124. The minimum atomic E-state index is -0.756. The quantitative estimate of drug-likeness (QED) is 0.552. The van der Waals surface area contributed by atoms with Gasteiger partial charge in [0.1, 0.15) is 11.7 Å². The largest absolute Gasteiger partial charge is 0.333 e. The lowest BCUT2D eigenvalue weighted by Crippen LogP contribution is -2.42. The first kappa shape index (κ1) is 23.4. The minimum Gasteiger partial charge on any atom is -0.333 e. The second kappa shape index (κ2) is 9.26. The van der Waals surface area contributed by atoms with Gasteiger partial charge < -0.3 is 10.2 Å². The molecule has 1 fully saturated rings. The zero-order valence-electron chi connectivity index (χ0n) is 19.6. The maximum absolute atomic E-state index is 13.3. The van der Waals surface area contributed by atoms with Crippen LogP contribution in [0.3, 0.4) is 0 Å². The summed E-state index contributed by atoms with van der Waals surface area (Å²) in [5.41, 5.74) is 1.83. The highest BCUT2D eigenvalue weighted by Crippen LogP contribution is 2.29. The molecule has 4 rings (SSSR count). The number of benzene rings is 2. The van der Waals surface area contributed by atoms with Crippen molar-refractivity contribution in [3.05, 3.63) is 76.7 Å². The Balaban J connectivity index is 1.60. The molecule has 1 aromatic heterocycles. The molecule has 2 amide bonds. The van der Waals surface area contributed by atoms with Crippen molar-refractivity contribution in [2.75, 3.05) is 10.2 Å². The molecule has 176 valence electrons. The molecule has 0 bridgehead atoms. The van der Waals surface area contributed by atoms with Crippen LogP contribution in [0.4, 0.5) is 11.4 Å². The van der Waals surface area contributed by atoms with Crippen LogP contribution in [0.25, 0.3) is 5.69 Å². The third-order valence-corrected chi connectivity index (χ3v) is 6.41. The van der Waals surface area contributed by atoms with Crippen molar-refractivity contribution in [3.8, 4) is 5.69 Å². The third-order valence-electron chi connectivity index (χ3n) is 6.02. The Morgan fingerprint density at radius 3 is 2.12 bits per heavy atom. The molecule has 0 saturated carbocycles. The van der Waals surface area contributed by atoms with Gasteiger partial charge in [-0.25, -0.2) is 4.68 Å². The van der Waals surface area contributed by atoms with E-state index in [0.717, 1.165) is 0 Å². The van der Waals surface area contributed by atoms with Gasteiger partial charge in [-0.15, -0.1) is 0 Å². The fourth-order valence-electron chi connectivity index (χ4n) is 4.27. The van der Waals surface area contributed by atoms with Crippen LogP contribution in [0.5, 0.6) is 0 Å². The third kappa shape index (κ3) is 4.03. The summed E-state index contributed by atoms with van der Waals surface area (Å²) in [4.78, 5) is 42.8. The van der Waals surface area contributed by atoms with E-state index in [4.69, 9.17) is 12.2 Å². The lowest BCUT2D eigenvalue weighted by atomic mass is 10.1. The average Bonchev–Trinajstić information content (AvgIpc) is 3.18. The molecule has 1 aliphatic rings. The fourth-order valence-corrected chi connectivity index (χ4v) is 4.80. The summed E-state index contributed by atoms with van der Waals surface area (Å²) in [6, 6.07) is 17.5. The molecule has 2 heterocycles. The summed E-state index contributed by atoms with van der Waals surface area (Å²) in [6.45, 7) is 5.63. The van der Waals surface area contributed by atoms with E-state index in [1.54, 1.807) is 23.6 Å². The number of rotatable bonds is 6. The maximum Gasteiger partial charge on any atom is 0.295 e. The number of anilines is 2. The van der Waals surface area contributed by atoms with E-state index in [1.165, 1.54) is 9.58 Å². The van der Waals surface area contributed by atoms with Crippen LogP contribution in [-0.2, 0) is 16.6 Å².